The Kier molecular flexibility index (Phi) is 4.73. The summed E-state index contributed by atoms with van der Waals surface area (Å²) in [6, 6.07) is 8.83. The monoisotopic (exact) mass is 329 g/mol. The lowest BCUT2D eigenvalue weighted by Gasteiger charge is -2.18. The zero-order valence-electron chi connectivity index (χ0n) is 14.1. The number of aromatic nitrogens is 4. The minimum absolute atomic E-state index is 0.152. The number of rotatable bonds is 6. The van der Waals surface area contributed by atoms with Gasteiger partial charge in [-0.25, -0.2) is 4.98 Å². The number of imidazole rings is 1. The molecule has 0 unspecified atom stereocenters. The highest BCUT2D eigenvalue weighted by Gasteiger charge is 2.18. The lowest BCUT2D eigenvalue weighted by atomic mass is 10.2. The van der Waals surface area contributed by atoms with Crippen molar-refractivity contribution in [3.8, 4) is 0 Å². The van der Waals surface area contributed by atoms with E-state index in [0.29, 0.717) is 6.04 Å². The Balaban J connectivity index is 1.82. The maximum absolute atomic E-state index is 4.84. The molecule has 0 amide bonds. The van der Waals surface area contributed by atoms with E-state index in [-0.39, 0.29) is 6.04 Å². The van der Waals surface area contributed by atoms with Crippen LogP contribution in [0.5, 0.6) is 0 Å². The van der Waals surface area contributed by atoms with Crippen LogP contribution in [0.15, 0.2) is 24.3 Å². The summed E-state index contributed by atoms with van der Waals surface area (Å²) in [4.78, 5) is 4.84. The molecule has 0 aliphatic heterocycles. The van der Waals surface area contributed by atoms with Crippen molar-refractivity contribution in [2.45, 2.75) is 52.7 Å². The van der Waals surface area contributed by atoms with Crippen LogP contribution >= 0.6 is 11.3 Å². The predicted octanol–water partition coefficient (Wildman–Crippen LogP) is 3.88. The largest absolute Gasteiger partial charge is 0.324 e. The number of para-hydroxylation sites is 2. The van der Waals surface area contributed by atoms with E-state index in [0.717, 1.165) is 34.3 Å². The van der Waals surface area contributed by atoms with Gasteiger partial charge >= 0.3 is 0 Å². The fourth-order valence-electron chi connectivity index (χ4n) is 2.75. The van der Waals surface area contributed by atoms with Crippen LogP contribution in [0.4, 0.5) is 0 Å². The van der Waals surface area contributed by atoms with Crippen LogP contribution in [-0.2, 0) is 13.0 Å². The van der Waals surface area contributed by atoms with E-state index in [4.69, 9.17) is 4.98 Å². The van der Waals surface area contributed by atoms with E-state index < -0.39 is 0 Å². The molecule has 0 aliphatic rings. The minimum atomic E-state index is 0.152. The molecule has 3 aromatic rings. The van der Waals surface area contributed by atoms with Crippen LogP contribution in [0.1, 0.15) is 55.6 Å². The second-order valence-electron chi connectivity index (χ2n) is 5.97. The molecule has 1 atom stereocenters. The third-order valence-corrected chi connectivity index (χ3v) is 4.96. The maximum Gasteiger partial charge on any atom is 0.131 e. The molecule has 5 nitrogen and oxygen atoms in total. The van der Waals surface area contributed by atoms with Gasteiger partial charge in [-0.15, -0.1) is 21.5 Å². The van der Waals surface area contributed by atoms with Crippen molar-refractivity contribution in [2.75, 3.05) is 0 Å². The molecule has 0 fully saturated rings. The molecule has 1 N–H and O–H groups in total. The van der Waals surface area contributed by atoms with E-state index in [1.165, 1.54) is 5.52 Å². The first-order valence-electron chi connectivity index (χ1n) is 8.11. The second kappa shape index (κ2) is 6.76. The van der Waals surface area contributed by atoms with Crippen molar-refractivity contribution >= 4 is 22.4 Å². The molecule has 0 radical (unpaired) electrons. The van der Waals surface area contributed by atoms with Crippen LogP contribution in [0.2, 0.25) is 0 Å². The highest BCUT2D eigenvalue weighted by Crippen LogP contribution is 2.25. The summed E-state index contributed by atoms with van der Waals surface area (Å²) in [6.07, 6.45) is 0.941. The Morgan fingerprint density at radius 1 is 1.13 bits per heavy atom. The zero-order chi connectivity index (χ0) is 16.4. The summed E-state index contributed by atoms with van der Waals surface area (Å²) in [6.45, 7) is 9.37. The van der Waals surface area contributed by atoms with E-state index in [1.807, 2.05) is 6.07 Å². The average molecular weight is 329 g/mol. The van der Waals surface area contributed by atoms with Gasteiger partial charge < -0.3 is 9.88 Å². The van der Waals surface area contributed by atoms with Crippen LogP contribution in [0, 0.1) is 0 Å². The fourth-order valence-corrected chi connectivity index (χ4v) is 3.48. The van der Waals surface area contributed by atoms with Gasteiger partial charge in [-0.2, -0.15) is 0 Å². The molecular formula is C17H23N5S. The Morgan fingerprint density at radius 3 is 2.57 bits per heavy atom. The van der Waals surface area contributed by atoms with Crippen molar-refractivity contribution in [3.05, 3.63) is 40.1 Å². The predicted molar refractivity (Wildman–Crippen MR) is 94.7 cm³/mol. The van der Waals surface area contributed by atoms with Gasteiger partial charge in [-0.3, -0.25) is 0 Å². The first-order valence-corrected chi connectivity index (χ1v) is 8.93. The number of nitrogens with one attached hydrogen (secondary N) is 1. The molecule has 6 heteroatoms. The third-order valence-electron chi connectivity index (χ3n) is 3.90. The first-order chi connectivity index (χ1) is 11.1. The summed E-state index contributed by atoms with van der Waals surface area (Å²) in [7, 11) is 0. The van der Waals surface area contributed by atoms with Gasteiger partial charge in [0.15, 0.2) is 0 Å². The van der Waals surface area contributed by atoms with E-state index >= 15 is 0 Å². The third kappa shape index (κ3) is 3.28. The molecular weight excluding hydrogens is 306 g/mol. The second-order valence-corrected chi connectivity index (χ2v) is 7.11. The van der Waals surface area contributed by atoms with Gasteiger partial charge in [0.05, 0.1) is 23.6 Å². The number of benzene rings is 1. The summed E-state index contributed by atoms with van der Waals surface area (Å²) in [5.41, 5.74) is 2.24. The summed E-state index contributed by atoms with van der Waals surface area (Å²) >= 11 is 1.67. The normalized spacial score (nSPS) is 13.1. The molecule has 23 heavy (non-hydrogen) atoms. The van der Waals surface area contributed by atoms with Crippen molar-refractivity contribution in [1.29, 1.82) is 0 Å². The van der Waals surface area contributed by atoms with E-state index in [9.17, 15) is 0 Å². The van der Waals surface area contributed by atoms with Crippen LogP contribution < -0.4 is 5.32 Å². The van der Waals surface area contributed by atoms with E-state index in [1.54, 1.807) is 11.3 Å². The molecule has 2 aromatic heterocycles. The van der Waals surface area contributed by atoms with E-state index in [2.05, 4.69) is 66.0 Å². The molecule has 2 heterocycles. The lowest BCUT2D eigenvalue weighted by molar-refractivity contribution is 0.490. The molecule has 0 bridgehead atoms. The number of hydrogen-bond donors (Lipinski definition) is 1. The van der Waals surface area contributed by atoms with Gasteiger partial charge in [0.25, 0.3) is 0 Å². The van der Waals surface area contributed by atoms with Crippen molar-refractivity contribution in [3.63, 3.8) is 0 Å². The number of nitrogens with zero attached hydrogens (tertiary/aromatic N) is 4. The molecule has 0 aliphatic carbocycles. The molecule has 0 saturated carbocycles. The molecule has 0 saturated heterocycles. The average Bonchev–Trinajstić information content (AvgIpc) is 3.16. The maximum atomic E-state index is 4.84. The highest BCUT2D eigenvalue weighted by molar-refractivity contribution is 7.11. The van der Waals surface area contributed by atoms with Crippen LogP contribution in [0.25, 0.3) is 11.0 Å². The molecule has 0 spiro atoms. The van der Waals surface area contributed by atoms with Gasteiger partial charge in [0, 0.05) is 6.04 Å². The standard InChI is InChI=1S/C17H23N5S/c1-5-15-20-21-16(23-15)10-18-12(4)17-19-13-8-6-7-9-14(13)22(17)11(2)3/h6-9,11-12,18H,5,10H2,1-4H3/t12-/m1/s1. The minimum Gasteiger partial charge on any atom is -0.324 e. The first kappa shape index (κ1) is 16.1. The Labute approximate surface area is 140 Å². The zero-order valence-corrected chi connectivity index (χ0v) is 14.9. The van der Waals surface area contributed by atoms with Gasteiger partial charge in [-0.1, -0.05) is 19.1 Å². The van der Waals surface area contributed by atoms with Crippen LogP contribution in [0.3, 0.4) is 0 Å². The quantitative estimate of drug-likeness (QED) is 0.745. The number of aryl methyl sites for hydroxylation is 1. The fraction of sp³-hybridized carbons (Fsp3) is 0.471. The van der Waals surface area contributed by atoms with Crippen molar-refractivity contribution in [1.82, 2.24) is 25.1 Å². The summed E-state index contributed by atoms with van der Waals surface area (Å²) in [5, 5.41) is 14.1. The van der Waals surface area contributed by atoms with Crippen molar-refractivity contribution in [2.24, 2.45) is 0 Å². The Morgan fingerprint density at radius 2 is 1.87 bits per heavy atom. The summed E-state index contributed by atoms with van der Waals surface area (Å²) in [5.74, 6) is 1.07. The smallest absolute Gasteiger partial charge is 0.131 e. The summed E-state index contributed by atoms with van der Waals surface area (Å²) < 4.78 is 2.31. The topological polar surface area (TPSA) is 55.6 Å². The Hall–Kier alpha value is -1.79. The Bertz CT molecular complexity index is 789. The van der Waals surface area contributed by atoms with Gasteiger partial charge in [0.2, 0.25) is 0 Å². The lowest BCUT2D eigenvalue weighted by Crippen LogP contribution is -2.22. The molecule has 122 valence electrons. The molecule has 3 rings (SSSR count). The van der Waals surface area contributed by atoms with Gasteiger partial charge in [0.1, 0.15) is 15.8 Å². The molecule has 1 aromatic carbocycles. The van der Waals surface area contributed by atoms with Gasteiger partial charge in [-0.05, 0) is 39.3 Å². The van der Waals surface area contributed by atoms with Crippen molar-refractivity contribution < 1.29 is 0 Å². The van der Waals surface area contributed by atoms with Crippen LogP contribution in [-0.4, -0.2) is 19.7 Å². The number of hydrogen-bond acceptors (Lipinski definition) is 5. The number of fused-ring (bicyclic) bond motifs is 1. The highest BCUT2D eigenvalue weighted by atomic mass is 32.1. The SMILES string of the molecule is CCc1nnc(CN[C@H](C)c2nc3ccccc3n2C(C)C)s1.